The lowest BCUT2D eigenvalue weighted by Crippen LogP contribution is -2.55. The summed E-state index contributed by atoms with van der Waals surface area (Å²) in [6.45, 7) is 4.08. The molecule has 0 saturated carbocycles. The van der Waals surface area contributed by atoms with Crippen LogP contribution in [0.4, 0.5) is 0 Å². The number of amides is 1. The molecule has 1 aliphatic rings. The van der Waals surface area contributed by atoms with Gasteiger partial charge >= 0.3 is 7.82 Å². The zero-order valence-corrected chi connectivity index (χ0v) is 19.3. The van der Waals surface area contributed by atoms with Gasteiger partial charge < -0.3 is 24.6 Å². The van der Waals surface area contributed by atoms with Crippen molar-refractivity contribution in [3.8, 4) is 5.75 Å². The van der Waals surface area contributed by atoms with Gasteiger partial charge in [0.25, 0.3) is 5.91 Å². The monoisotopic (exact) mass is 489 g/mol. The van der Waals surface area contributed by atoms with Crippen molar-refractivity contribution in [1.29, 1.82) is 0 Å². The first-order valence-electron chi connectivity index (χ1n) is 9.08. The molecule has 0 saturated heterocycles. The molecule has 0 bridgehead atoms. The summed E-state index contributed by atoms with van der Waals surface area (Å²) in [5.74, 6) is -0.217. The number of carbonyl (C=O) groups is 2. The van der Waals surface area contributed by atoms with E-state index in [1.807, 2.05) is 0 Å². The zero-order valence-electron chi connectivity index (χ0n) is 16.8. The molecule has 0 aliphatic carbocycles. The van der Waals surface area contributed by atoms with E-state index in [1.165, 1.54) is 18.3 Å². The number of hydrogen-bond acceptors (Lipinski definition) is 7. The predicted octanol–water partition coefficient (Wildman–Crippen LogP) is 3.70. The number of hydrogen-bond donors (Lipinski definition) is 3. The molecule has 31 heavy (non-hydrogen) atoms. The van der Waals surface area contributed by atoms with Crippen LogP contribution in [0.2, 0.25) is 4.34 Å². The van der Waals surface area contributed by atoms with Gasteiger partial charge in [0.1, 0.15) is 21.8 Å². The molecule has 9 nitrogen and oxygen atoms in total. The number of phosphoric ester groups is 1. The van der Waals surface area contributed by atoms with Crippen molar-refractivity contribution in [2.24, 2.45) is 0 Å². The van der Waals surface area contributed by atoms with Gasteiger partial charge in [-0.25, -0.2) is 4.57 Å². The first-order chi connectivity index (χ1) is 14.4. The molecule has 3 rings (SSSR count). The predicted molar refractivity (Wildman–Crippen MR) is 114 cm³/mol. The van der Waals surface area contributed by atoms with E-state index in [0.717, 1.165) is 0 Å². The minimum atomic E-state index is -4.77. The molecule has 2 atom stereocenters. The Bertz CT molecular complexity index is 1050. The van der Waals surface area contributed by atoms with Gasteiger partial charge in [-0.1, -0.05) is 11.6 Å². The number of ether oxygens (including phenoxy) is 2. The van der Waals surface area contributed by atoms with E-state index in [1.54, 1.807) is 43.5 Å². The van der Waals surface area contributed by atoms with Gasteiger partial charge in [-0.15, -0.1) is 11.3 Å². The molecule has 0 unspecified atom stereocenters. The number of Topliss-reactive ketones (excluding diaryl/α,β-unsaturated/α-hetero) is 1. The molecular formula is C19H21ClNO8PS. The van der Waals surface area contributed by atoms with E-state index in [2.05, 4.69) is 9.84 Å². The van der Waals surface area contributed by atoms with E-state index >= 15 is 0 Å². The molecule has 12 heteroatoms. The lowest BCUT2D eigenvalue weighted by Gasteiger charge is -2.44. The highest BCUT2D eigenvalue weighted by Crippen LogP contribution is 2.43. The summed E-state index contributed by atoms with van der Waals surface area (Å²) in [6.07, 6.45) is -0.921. The van der Waals surface area contributed by atoms with Crippen molar-refractivity contribution >= 4 is 42.5 Å². The first kappa shape index (κ1) is 23.9. The quantitative estimate of drug-likeness (QED) is 0.305. The maximum Gasteiger partial charge on any atom is 0.471 e. The van der Waals surface area contributed by atoms with Crippen LogP contribution < -0.4 is 10.1 Å². The van der Waals surface area contributed by atoms with Gasteiger partial charge in [0.15, 0.2) is 12.6 Å². The van der Waals surface area contributed by atoms with E-state index < -0.39 is 38.3 Å². The molecular weight excluding hydrogens is 469 g/mol. The minimum absolute atomic E-state index is 0.180. The Balaban J connectivity index is 2.00. The van der Waals surface area contributed by atoms with Crippen molar-refractivity contribution in [2.45, 2.75) is 38.5 Å². The Morgan fingerprint density at radius 3 is 2.61 bits per heavy atom. The summed E-state index contributed by atoms with van der Waals surface area (Å²) in [5, 5.41) is 4.53. The molecule has 1 amide bonds. The van der Waals surface area contributed by atoms with Crippen molar-refractivity contribution in [1.82, 2.24) is 5.32 Å². The molecule has 2 aromatic rings. The molecule has 0 spiro atoms. The summed E-state index contributed by atoms with van der Waals surface area (Å²) < 4.78 is 27.4. The highest BCUT2D eigenvalue weighted by molar-refractivity contribution is 7.46. The highest BCUT2D eigenvalue weighted by atomic mass is 35.5. The molecule has 1 aromatic carbocycles. The maximum atomic E-state index is 12.9. The highest BCUT2D eigenvalue weighted by Gasteiger charge is 2.46. The number of benzene rings is 1. The number of halogens is 1. The van der Waals surface area contributed by atoms with Crippen molar-refractivity contribution in [2.75, 3.05) is 6.79 Å². The third-order valence-corrected chi connectivity index (χ3v) is 6.34. The number of rotatable bonds is 7. The Kier molecular flexibility index (Phi) is 6.93. The van der Waals surface area contributed by atoms with Gasteiger partial charge in [0, 0.05) is 11.1 Å². The van der Waals surface area contributed by atoms with Gasteiger partial charge in [-0.05, 0) is 50.4 Å². The summed E-state index contributed by atoms with van der Waals surface area (Å²) in [4.78, 5) is 42.7. The molecule has 0 fully saturated rings. The Hall–Kier alpha value is -1.78. The largest absolute Gasteiger partial charge is 0.485 e. The van der Waals surface area contributed by atoms with Crippen LogP contribution >= 0.6 is 30.8 Å². The van der Waals surface area contributed by atoms with E-state index in [9.17, 15) is 14.2 Å². The number of fused-ring (bicyclic) bond motifs is 1. The smallest absolute Gasteiger partial charge is 0.471 e. The molecule has 168 valence electrons. The van der Waals surface area contributed by atoms with E-state index in [-0.39, 0.29) is 11.3 Å². The summed E-state index contributed by atoms with van der Waals surface area (Å²) >= 11 is 7.30. The lowest BCUT2D eigenvalue weighted by atomic mass is 9.85. The standard InChI is InChI=1S/C19H21ClNO8PS/c1-10(22)11-4-5-14-13(8-11)15(21-18(23)12-6-7-31-17(12)20)16(19(2,3)29-14)27-9-28-30(24,25)26/h4-8,15-16H,9H2,1-3H3,(H,21,23)(H2,24,25,26)/t15-,16+/m0/s1. The van der Waals surface area contributed by atoms with Crippen LogP contribution in [-0.4, -0.2) is 40.0 Å². The summed E-state index contributed by atoms with van der Waals surface area (Å²) in [5.41, 5.74) is 0.123. The number of carbonyl (C=O) groups excluding carboxylic acids is 2. The fraction of sp³-hybridized carbons (Fsp3) is 0.368. The Morgan fingerprint density at radius 2 is 2.03 bits per heavy atom. The van der Waals surface area contributed by atoms with Crippen LogP contribution in [0.15, 0.2) is 29.6 Å². The third kappa shape index (κ3) is 5.53. The van der Waals surface area contributed by atoms with Gasteiger partial charge in [-0.3, -0.25) is 14.1 Å². The fourth-order valence-electron chi connectivity index (χ4n) is 3.31. The second-order valence-electron chi connectivity index (χ2n) is 7.40. The van der Waals surface area contributed by atoms with Crippen molar-refractivity contribution < 1.29 is 37.9 Å². The van der Waals surface area contributed by atoms with E-state index in [0.29, 0.717) is 21.2 Å². The van der Waals surface area contributed by atoms with Gasteiger partial charge in [0.2, 0.25) is 0 Å². The molecule has 2 heterocycles. The zero-order chi connectivity index (χ0) is 23.0. The van der Waals surface area contributed by atoms with Crippen LogP contribution in [0, 0.1) is 0 Å². The normalized spacial score (nSPS) is 19.9. The minimum Gasteiger partial charge on any atom is -0.485 e. The molecule has 1 aliphatic heterocycles. The number of nitrogens with one attached hydrogen (secondary N) is 1. The van der Waals surface area contributed by atoms with Crippen LogP contribution in [0.5, 0.6) is 5.75 Å². The Labute approximate surface area is 187 Å². The Morgan fingerprint density at radius 1 is 1.32 bits per heavy atom. The van der Waals surface area contributed by atoms with Crippen LogP contribution in [0.25, 0.3) is 0 Å². The topological polar surface area (TPSA) is 131 Å². The second kappa shape index (κ2) is 8.99. The first-order valence-corrected chi connectivity index (χ1v) is 11.9. The molecule has 3 N–H and O–H groups in total. The second-order valence-corrected chi connectivity index (χ2v) is 10.2. The fourth-order valence-corrected chi connectivity index (χ4v) is 4.42. The van der Waals surface area contributed by atoms with Crippen molar-refractivity contribution in [3.05, 3.63) is 50.7 Å². The van der Waals surface area contributed by atoms with Crippen LogP contribution in [-0.2, 0) is 13.8 Å². The van der Waals surface area contributed by atoms with E-state index in [4.69, 9.17) is 30.9 Å². The molecule has 1 aromatic heterocycles. The van der Waals surface area contributed by atoms with Gasteiger partial charge in [0.05, 0.1) is 11.6 Å². The summed E-state index contributed by atoms with van der Waals surface area (Å²) in [6, 6.07) is 5.58. The third-order valence-electron chi connectivity index (χ3n) is 4.73. The average Bonchev–Trinajstić information content (AvgIpc) is 3.08. The van der Waals surface area contributed by atoms with Crippen molar-refractivity contribution in [3.63, 3.8) is 0 Å². The number of ketones is 1. The average molecular weight is 490 g/mol. The maximum absolute atomic E-state index is 12.9. The van der Waals surface area contributed by atoms with Crippen LogP contribution in [0.3, 0.4) is 0 Å². The number of thiophene rings is 1. The molecule has 0 radical (unpaired) electrons. The SMILES string of the molecule is CC(=O)c1ccc2c(c1)[C@H](NC(=O)c1ccsc1Cl)[C@@H](OCOP(=O)(O)O)C(C)(C)O2. The summed E-state index contributed by atoms with van der Waals surface area (Å²) in [7, 11) is -4.77. The number of phosphoric acid groups is 1. The lowest BCUT2D eigenvalue weighted by molar-refractivity contribution is -0.141. The van der Waals surface area contributed by atoms with Crippen LogP contribution in [0.1, 0.15) is 53.1 Å². The van der Waals surface area contributed by atoms with Gasteiger partial charge in [-0.2, -0.15) is 0 Å².